The molecule has 0 spiro atoms. The number of ether oxygens (including phenoxy) is 1. The van der Waals surface area contributed by atoms with E-state index in [9.17, 15) is 4.79 Å². The molecule has 0 N–H and O–H groups in total. The van der Waals surface area contributed by atoms with Crippen molar-refractivity contribution in [2.45, 2.75) is 46.7 Å². The van der Waals surface area contributed by atoms with Gasteiger partial charge in [0, 0.05) is 11.4 Å². The highest BCUT2D eigenvalue weighted by Gasteiger charge is 2.16. The van der Waals surface area contributed by atoms with Crippen molar-refractivity contribution in [1.82, 2.24) is 14.5 Å². The Morgan fingerprint density at radius 2 is 1.89 bits per heavy atom. The molecule has 3 rings (SSSR count). The highest BCUT2D eigenvalue weighted by molar-refractivity contribution is 7.18. The fourth-order valence-corrected chi connectivity index (χ4v) is 4.31. The Kier molecular flexibility index (Phi) is 6.52. The molecule has 0 amide bonds. The van der Waals surface area contributed by atoms with Gasteiger partial charge in [0.15, 0.2) is 0 Å². The number of aryl methyl sites for hydroxylation is 3. The lowest BCUT2D eigenvalue weighted by molar-refractivity contribution is 0.299. The van der Waals surface area contributed by atoms with Crippen molar-refractivity contribution in [2.75, 3.05) is 20.7 Å². The summed E-state index contributed by atoms with van der Waals surface area (Å²) in [6, 6.07) is 8.04. The van der Waals surface area contributed by atoms with Gasteiger partial charge in [-0.15, -0.1) is 11.3 Å². The number of fused-ring (bicyclic) bond motifs is 1. The van der Waals surface area contributed by atoms with Gasteiger partial charge in [0.05, 0.1) is 18.5 Å². The Morgan fingerprint density at radius 3 is 2.61 bits per heavy atom. The van der Waals surface area contributed by atoms with Crippen LogP contribution in [-0.4, -0.2) is 35.2 Å². The van der Waals surface area contributed by atoms with Crippen molar-refractivity contribution < 1.29 is 4.74 Å². The molecule has 0 aliphatic heterocycles. The molecule has 0 saturated heterocycles. The predicted molar refractivity (Wildman–Crippen MR) is 117 cm³/mol. The van der Waals surface area contributed by atoms with E-state index < -0.39 is 0 Å². The first-order chi connectivity index (χ1) is 13.4. The van der Waals surface area contributed by atoms with Gasteiger partial charge >= 0.3 is 0 Å². The van der Waals surface area contributed by atoms with Gasteiger partial charge in [0.1, 0.15) is 16.4 Å². The molecule has 0 saturated carbocycles. The smallest absolute Gasteiger partial charge is 0.262 e. The summed E-state index contributed by atoms with van der Waals surface area (Å²) in [5, 5.41) is 0.779. The molecule has 0 aliphatic rings. The lowest BCUT2D eigenvalue weighted by atomic mass is 10.2. The maximum Gasteiger partial charge on any atom is 0.262 e. The van der Waals surface area contributed by atoms with Crippen LogP contribution in [0.4, 0.5) is 0 Å². The van der Waals surface area contributed by atoms with E-state index in [1.807, 2.05) is 43.8 Å². The number of unbranched alkanes of at least 4 members (excludes halogenated alkanes) is 1. The van der Waals surface area contributed by atoms with E-state index in [0.717, 1.165) is 45.8 Å². The summed E-state index contributed by atoms with van der Waals surface area (Å²) in [5.74, 6) is 1.77. The third-order valence-electron chi connectivity index (χ3n) is 4.95. The zero-order chi connectivity index (χ0) is 20.3. The van der Waals surface area contributed by atoms with E-state index in [-0.39, 0.29) is 5.56 Å². The van der Waals surface area contributed by atoms with Crippen LogP contribution < -0.4 is 10.3 Å². The van der Waals surface area contributed by atoms with Gasteiger partial charge in [-0.2, -0.15) is 0 Å². The molecule has 3 aromatic rings. The van der Waals surface area contributed by atoms with Crippen molar-refractivity contribution >= 4 is 21.6 Å². The SMILES string of the molecule is Cc1ccccc1OCCCCn1c(CN(C)C)nc2sc(C)c(C)c2c1=O. The zero-order valence-electron chi connectivity index (χ0n) is 17.4. The lowest BCUT2D eigenvalue weighted by Gasteiger charge is -2.16. The summed E-state index contributed by atoms with van der Waals surface area (Å²) in [7, 11) is 4.00. The largest absolute Gasteiger partial charge is 0.493 e. The number of nitrogens with zero attached hydrogens (tertiary/aromatic N) is 3. The first kappa shape index (κ1) is 20.6. The van der Waals surface area contributed by atoms with Crippen molar-refractivity contribution in [3.63, 3.8) is 0 Å². The lowest BCUT2D eigenvalue weighted by Crippen LogP contribution is -2.28. The number of thiophene rings is 1. The highest BCUT2D eigenvalue weighted by Crippen LogP contribution is 2.26. The van der Waals surface area contributed by atoms with Crippen molar-refractivity contribution in [3.8, 4) is 5.75 Å². The van der Waals surface area contributed by atoms with E-state index in [4.69, 9.17) is 9.72 Å². The van der Waals surface area contributed by atoms with Crippen molar-refractivity contribution in [1.29, 1.82) is 0 Å². The maximum atomic E-state index is 13.2. The van der Waals surface area contributed by atoms with E-state index in [1.54, 1.807) is 11.3 Å². The third kappa shape index (κ3) is 4.45. The number of benzene rings is 1. The number of para-hydroxylation sites is 1. The predicted octanol–water partition coefficient (Wildman–Crippen LogP) is 4.30. The second-order valence-electron chi connectivity index (χ2n) is 7.51. The van der Waals surface area contributed by atoms with Crippen LogP contribution in [0, 0.1) is 20.8 Å². The molecule has 28 heavy (non-hydrogen) atoms. The minimum atomic E-state index is 0.0866. The minimum Gasteiger partial charge on any atom is -0.493 e. The summed E-state index contributed by atoms with van der Waals surface area (Å²) in [6.45, 7) is 8.09. The Labute approximate surface area is 170 Å². The van der Waals surface area contributed by atoms with Gasteiger partial charge in [-0.1, -0.05) is 18.2 Å². The fraction of sp³-hybridized carbons (Fsp3) is 0.455. The van der Waals surface area contributed by atoms with Gasteiger partial charge in [0.2, 0.25) is 0 Å². The average molecular weight is 400 g/mol. The Hall–Kier alpha value is -2.18. The molecule has 2 aromatic heterocycles. The second-order valence-corrected chi connectivity index (χ2v) is 8.71. The van der Waals surface area contributed by atoms with Gasteiger partial charge in [-0.3, -0.25) is 9.36 Å². The Morgan fingerprint density at radius 1 is 1.14 bits per heavy atom. The van der Waals surface area contributed by atoms with E-state index >= 15 is 0 Å². The summed E-state index contributed by atoms with van der Waals surface area (Å²) < 4.78 is 7.74. The van der Waals surface area contributed by atoms with E-state index in [1.165, 1.54) is 4.88 Å². The van der Waals surface area contributed by atoms with Gasteiger partial charge in [0.25, 0.3) is 5.56 Å². The quantitative estimate of drug-likeness (QED) is 0.530. The van der Waals surface area contributed by atoms with Crippen LogP contribution in [0.25, 0.3) is 10.2 Å². The molecule has 0 aliphatic carbocycles. The number of hydrogen-bond donors (Lipinski definition) is 0. The van der Waals surface area contributed by atoms with Gasteiger partial charge < -0.3 is 9.64 Å². The second kappa shape index (κ2) is 8.88. The Balaban J connectivity index is 1.73. The number of aromatic nitrogens is 2. The molecular formula is C22H29N3O2S. The van der Waals surface area contributed by atoms with Crippen LogP contribution >= 0.6 is 11.3 Å². The molecule has 0 fully saturated rings. The fourth-order valence-electron chi connectivity index (χ4n) is 3.28. The molecule has 0 bridgehead atoms. The first-order valence-corrected chi connectivity index (χ1v) is 10.5. The normalized spacial score (nSPS) is 11.5. The molecule has 6 heteroatoms. The summed E-state index contributed by atoms with van der Waals surface area (Å²) in [4.78, 5) is 22.1. The van der Waals surface area contributed by atoms with Crippen LogP contribution in [0.15, 0.2) is 29.1 Å². The molecule has 150 valence electrons. The van der Waals surface area contributed by atoms with Gasteiger partial charge in [-0.25, -0.2) is 4.98 Å². The highest BCUT2D eigenvalue weighted by atomic mass is 32.1. The average Bonchev–Trinajstić information content (AvgIpc) is 2.92. The summed E-state index contributed by atoms with van der Waals surface area (Å²) >= 11 is 1.61. The van der Waals surface area contributed by atoms with Crippen molar-refractivity contribution in [2.24, 2.45) is 0 Å². The maximum absolute atomic E-state index is 13.2. The van der Waals surface area contributed by atoms with Crippen LogP contribution in [0.1, 0.15) is 34.7 Å². The first-order valence-electron chi connectivity index (χ1n) is 9.71. The standard InChI is InChI=1S/C22H29N3O2S/c1-15-10-6-7-11-18(15)27-13-9-8-12-25-19(14-24(4)5)23-21-20(22(25)26)16(2)17(3)28-21/h6-7,10-11H,8-9,12-14H2,1-5H3. The third-order valence-corrected chi connectivity index (χ3v) is 6.05. The minimum absolute atomic E-state index is 0.0866. The van der Waals surface area contributed by atoms with Crippen LogP contribution in [0.3, 0.4) is 0 Å². The zero-order valence-corrected chi connectivity index (χ0v) is 18.2. The number of hydrogen-bond acceptors (Lipinski definition) is 5. The van der Waals surface area contributed by atoms with Gasteiger partial charge in [-0.05, 0) is 64.9 Å². The topological polar surface area (TPSA) is 47.4 Å². The monoisotopic (exact) mass is 399 g/mol. The molecule has 0 atom stereocenters. The van der Waals surface area contributed by atoms with Crippen LogP contribution in [0.2, 0.25) is 0 Å². The Bertz CT molecular complexity index is 1020. The van der Waals surface area contributed by atoms with Crippen LogP contribution in [-0.2, 0) is 13.1 Å². The van der Waals surface area contributed by atoms with E-state index in [0.29, 0.717) is 19.7 Å². The molecular weight excluding hydrogens is 370 g/mol. The molecule has 0 unspecified atom stereocenters. The number of rotatable bonds is 8. The molecule has 5 nitrogen and oxygen atoms in total. The van der Waals surface area contributed by atoms with Crippen LogP contribution in [0.5, 0.6) is 5.75 Å². The van der Waals surface area contributed by atoms with E-state index in [2.05, 4.69) is 24.8 Å². The summed E-state index contributed by atoms with van der Waals surface area (Å²) in [6.07, 6.45) is 1.77. The molecule has 0 radical (unpaired) electrons. The van der Waals surface area contributed by atoms with Crippen molar-refractivity contribution in [3.05, 3.63) is 56.4 Å². The molecule has 2 heterocycles. The summed E-state index contributed by atoms with van der Waals surface area (Å²) in [5.41, 5.74) is 2.29. The molecule has 1 aromatic carbocycles.